The van der Waals surface area contributed by atoms with Gasteiger partial charge in [0.25, 0.3) is 5.91 Å². The third kappa shape index (κ3) is 1.82. The quantitative estimate of drug-likeness (QED) is 0.801. The molecule has 1 atom stereocenters. The first-order valence-electron chi connectivity index (χ1n) is 7.55. The molecule has 2 aliphatic heterocycles. The van der Waals surface area contributed by atoms with E-state index in [0.717, 1.165) is 29.5 Å². The number of nitrogens with zero attached hydrogens (tertiary/aromatic N) is 1. The Morgan fingerprint density at radius 3 is 2.64 bits per heavy atom. The van der Waals surface area contributed by atoms with E-state index in [9.17, 15) is 4.79 Å². The van der Waals surface area contributed by atoms with E-state index in [1.807, 2.05) is 53.4 Å². The molecular weight excluding hydrogens is 298 g/mol. The first-order chi connectivity index (χ1) is 10.7. The second-order valence-corrected chi connectivity index (χ2v) is 6.15. The molecule has 2 aromatic rings. The maximum atomic E-state index is 12.8. The summed E-state index contributed by atoms with van der Waals surface area (Å²) in [6.07, 6.45) is 1.91. The van der Waals surface area contributed by atoms with Crippen molar-refractivity contribution in [3.63, 3.8) is 0 Å². The molecule has 1 fully saturated rings. The highest BCUT2D eigenvalue weighted by molar-refractivity contribution is 6.30. The van der Waals surface area contributed by atoms with Gasteiger partial charge in [-0.2, -0.15) is 0 Å². The minimum absolute atomic E-state index is 0.0486. The number of carbonyl (C=O) groups is 1. The number of hydrogen-bond donors (Lipinski definition) is 0. The van der Waals surface area contributed by atoms with Crippen LogP contribution in [-0.2, 0) is 10.5 Å². The normalized spacial score (nSPS) is 23.9. The molecule has 4 heteroatoms. The number of fused-ring (bicyclic) bond motifs is 3. The maximum absolute atomic E-state index is 12.8. The summed E-state index contributed by atoms with van der Waals surface area (Å²) in [7, 11) is 0. The molecule has 2 aliphatic rings. The van der Waals surface area contributed by atoms with Gasteiger partial charge in [-0.1, -0.05) is 41.9 Å². The predicted octanol–water partition coefficient (Wildman–Crippen LogP) is 3.81. The SMILES string of the molecule is O=C1c2ccccc2[C@@]2(c3ccc(Cl)cc3)OCCCCN12. The Labute approximate surface area is 134 Å². The van der Waals surface area contributed by atoms with Gasteiger partial charge in [-0.25, -0.2) is 0 Å². The number of amides is 1. The van der Waals surface area contributed by atoms with Crippen LogP contribution in [-0.4, -0.2) is 24.0 Å². The Hall–Kier alpha value is -1.84. The predicted molar refractivity (Wildman–Crippen MR) is 84.9 cm³/mol. The molecular formula is C18H16ClNO2. The molecule has 112 valence electrons. The monoisotopic (exact) mass is 313 g/mol. The summed E-state index contributed by atoms with van der Waals surface area (Å²) >= 11 is 6.03. The zero-order chi connectivity index (χ0) is 15.2. The summed E-state index contributed by atoms with van der Waals surface area (Å²) in [4.78, 5) is 14.7. The van der Waals surface area contributed by atoms with Crippen molar-refractivity contribution < 1.29 is 9.53 Å². The van der Waals surface area contributed by atoms with Gasteiger partial charge in [-0.05, 0) is 31.0 Å². The van der Waals surface area contributed by atoms with Crippen LogP contribution in [0.4, 0.5) is 0 Å². The smallest absolute Gasteiger partial charge is 0.257 e. The lowest BCUT2D eigenvalue weighted by Gasteiger charge is -2.37. The lowest BCUT2D eigenvalue weighted by Crippen LogP contribution is -2.46. The average molecular weight is 314 g/mol. The van der Waals surface area contributed by atoms with E-state index >= 15 is 0 Å². The highest BCUT2D eigenvalue weighted by Gasteiger charge is 2.52. The lowest BCUT2D eigenvalue weighted by atomic mass is 9.93. The average Bonchev–Trinajstić information content (AvgIpc) is 2.70. The van der Waals surface area contributed by atoms with Crippen LogP contribution < -0.4 is 0 Å². The third-order valence-electron chi connectivity index (χ3n) is 4.47. The van der Waals surface area contributed by atoms with Crippen LogP contribution in [0.25, 0.3) is 0 Å². The van der Waals surface area contributed by atoms with Gasteiger partial charge in [0.2, 0.25) is 0 Å². The van der Waals surface area contributed by atoms with E-state index in [1.165, 1.54) is 0 Å². The molecule has 0 aliphatic carbocycles. The number of hydrogen-bond acceptors (Lipinski definition) is 2. The van der Waals surface area contributed by atoms with Crippen LogP contribution in [0.3, 0.4) is 0 Å². The molecule has 0 aromatic heterocycles. The molecule has 1 saturated heterocycles. The number of benzene rings is 2. The topological polar surface area (TPSA) is 29.5 Å². The molecule has 2 heterocycles. The van der Waals surface area contributed by atoms with E-state index in [1.54, 1.807) is 0 Å². The van der Waals surface area contributed by atoms with Gasteiger partial charge in [-0.3, -0.25) is 4.79 Å². The van der Waals surface area contributed by atoms with Gasteiger partial charge in [0.15, 0.2) is 5.72 Å². The van der Waals surface area contributed by atoms with Crippen LogP contribution in [0.5, 0.6) is 0 Å². The minimum atomic E-state index is -0.811. The van der Waals surface area contributed by atoms with Crippen molar-refractivity contribution in [3.8, 4) is 0 Å². The van der Waals surface area contributed by atoms with Gasteiger partial charge < -0.3 is 9.64 Å². The van der Waals surface area contributed by atoms with Crippen LogP contribution >= 0.6 is 11.6 Å². The zero-order valence-electron chi connectivity index (χ0n) is 12.1. The molecule has 0 unspecified atom stereocenters. The van der Waals surface area contributed by atoms with E-state index in [-0.39, 0.29) is 5.91 Å². The highest BCUT2D eigenvalue weighted by Crippen LogP contribution is 2.46. The summed E-state index contributed by atoms with van der Waals surface area (Å²) < 4.78 is 6.30. The Morgan fingerprint density at radius 2 is 1.82 bits per heavy atom. The zero-order valence-corrected chi connectivity index (χ0v) is 12.8. The first kappa shape index (κ1) is 13.8. The molecule has 22 heavy (non-hydrogen) atoms. The Balaban J connectivity index is 1.98. The Bertz CT molecular complexity index is 728. The van der Waals surface area contributed by atoms with E-state index in [2.05, 4.69) is 0 Å². The number of ether oxygens (including phenoxy) is 1. The summed E-state index contributed by atoms with van der Waals surface area (Å²) in [6.45, 7) is 1.34. The second-order valence-electron chi connectivity index (χ2n) is 5.71. The highest BCUT2D eigenvalue weighted by atomic mass is 35.5. The van der Waals surface area contributed by atoms with Gasteiger partial charge in [0.05, 0.1) is 6.61 Å². The van der Waals surface area contributed by atoms with E-state index in [4.69, 9.17) is 16.3 Å². The lowest BCUT2D eigenvalue weighted by molar-refractivity contribution is -0.0941. The molecule has 0 spiro atoms. The molecule has 0 saturated carbocycles. The molecule has 0 bridgehead atoms. The molecule has 1 amide bonds. The van der Waals surface area contributed by atoms with E-state index in [0.29, 0.717) is 18.2 Å². The fraction of sp³-hybridized carbons (Fsp3) is 0.278. The maximum Gasteiger partial charge on any atom is 0.257 e. The number of rotatable bonds is 1. The molecule has 0 radical (unpaired) electrons. The fourth-order valence-electron chi connectivity index (χ4n) is 3.48. The van der Waals surface area contributed by atoms with Crippen LogP contribution in [0, 0.1) is 0 Å². The van der Waals surface area contributed by atoms with Crippen molar-refractivity contribution in [1.82, 2.24) is 4.90 Å². The van der Waals surface area contributed by atoms with Gasteiger partial charge in [0, 0.05) is 28.3 Å². The fourth-order valence-corrected chi connectivity index (χ4v) is 3.60. The van der Waals surface area contributed by atoms with Crippen molar-refractivity contribution in [1.29, 1.82) is 0 Å². The molecule has 0 N–H and O–H groups in total. The van der Waals surface area contributed by atoms with Crippen molar-refractivity contribution >= 4 is 17.5 Å². The standard InChI is InChI=1S/C18H16ClNO2/c19-14-9-7-13(8-10-14)18-16-6-2-1-5-15(16)17(21)20(18)11-3-4-12-22-18/h1-2,5-10H,3-4,11-12H2/t18-/m1/s1. The Morgan fingerprint density at radius 1 is 1.05 bits per heavy atom. The van der Waals surface area contributed by atoms with Crippen LogP contribution in [0.1, 0.15) is 34.3 Å². The van der Waals surface area contributed by atoms with Crippen LogP contribution in [0.15, 0.2) is 48.5 Å². The van der Waals surface area contributed by atoms with Crippen molar-refractivity contribution in [2.24, 2.45) is 0 Å². The Kier molecular flexibility index (Phi) is 3.21. The largest absolute Gasteiger partial charge is 0.347 e. The first-order valence-corrected chi connectivity index (χ1v) is 7.93. The minimum Gasteiger partial charge on any atom is -0.347 e. The summed E-state index contributed by atoms with van der Waals surface area (Å²) in [6, 6.07) is 15.3. The van der Waals surface area contributed by atoms with Crippen molar-refractivity contribution in [3.05, 3.63) is 70.2 Å². The summed E-state index contributed by atoms with van der Waals surface area (Å²) in [5.74, 6) is 0.0486. The van der Waals surface area contributed by atoms with Gasteiger partial charge in [0.1, 0.15) is 0 Å². The van der Waals surface area contributed by atoms with E-state index < -0.39 is 5.72 Å². The second kappa shape index (κ2) is 5.11. The number of carbonyl (C=O) groups excluding carboxylic acids is 1. The van der Waals surface area contributed by atoms with Crippen LogP contribution in [0.2, 0.25) is 5.02 Å². The molecule has 4 rings (SSSR count). The van der Waals surface area contributed by atoms with Crippen molar-refractivity contribution in [2.75, 3.05) is 13.2 Å². The summed E-state index contributed by atoms with van der Waals surface area (Å²) in [5, 5.41) is 0.679. The van der Waals surface area contributed by atoms with Crippen molar-refractivity contribution in [2.45, 2.75) is 18.6 Å². The molecule has 3 nitrogen and oxygen atoms in total. The summed E-state index contributed by atoms with van der Waals surface area (Å²) in [5.41, 5.74) is 1.81. The third-order valence-corrected chi connectivity index (χ3v) is 4.72. The number of halogens is 1. The van der Waals surface area contributed by atoms with Gasteiger partial charge in [-0.15, -0.1) is 0 Å². The van der Waals surface area contributed by atoms with Gasteiger partial charge >= 0.3 is 0 Å². The molecule has 2 aromatic carbocycles.